The molecule has 88 valence electrons. The SMILES string of the molecule is O=C1NC(=O)c2c(Cc3ccccc3)cccc21. The van der Waals surface area contributed by atoms with E-state index in [9.17, 15) is 9.59 Å². The van der Waals surface area contributed by atoms with Crippen molar-refractivity contribution in [3.05, 3.63) is 70.8 Å². The number of rotatable bonds is 2. The Hall–Kier alpha value is -2.42. The average Bonchev–Trinajstić information content (AvgIpc) is 2.67. The molecule has 1 aliphatic heterocycles. The second kappa shape index (κ2) is 4.11. The zero-order chi connectivity index (χ0) is 12.5. The summed E-state index contributed by atoms with van der Waals surface area (Å²) in [6.07, 6.45) is 0.657. The maximum absolute atomic E-state index is 11.8. The van der Waals surface area contributed by atoms with Crippen LogP contribution in [-0.4, -0.2) is 11.8 Å². The molecule has 1 N–H and O–H groups in total. The summed E-state index contributed by atoms with van der Waals surface area (Å²) in [7, 11) is 0. The molecule has 0 aromatic heterocycles. The van der Waals surface area contributed by atoms with Gasteiger partial charge in [0.15, 0.2) is 0 Å². The van der Waals surface area contributed by atoms with Gasteiger partial charge < -0.3 is 0 Å². The molecule has 2 aromatic carbocycles. The lowest BCUT2D eigenvalue weighted by Gasteiger charge is -2.05. The fourth-order valence-corrected chi connectivity index (χ4v) is 2.25. The highest BCUT2D eigenvalue weighted by Crippen LogP contribution is 2.22. The zero-order valence-corrected chi connectivity index (χ0v) is 9.64. The van der Waals surface area contributed by atoms with Crippen LogP contribution in [0.5, 0.6) is 0 Å². The molecule has 18 heavy (non-hydrogen) atoms. The summed E-state index contributed by atoms with van der Waals surface area (Å²) in [6.45, 7) is 0. The zero-order valence-electron chi connectivity index (χ0n) is 9.64. The minimum absolute atomic E-state index is 0.290. The quantitative estimate of drug-likeness (QED) is 0.813. The summed E-state index contributed by atoms with van der Waals surface area (Å²) in [5.41, 5.74) is 3.01. The number of carbonyl (C=O) groups is 2. The van der Waals surface area contributed by atoms with Crippen molar-refractivity contribution in [3.8, 4) is 0 Å². The third-order valence-corrected chi connectivity index (χ3v) is 3.09. The van der Waals surface area contributed by atoms with Crippen molar-refractivity contribution in [1.29, 1.82) is 0 Å². The summed E-state index contributed by atoms with van der Waals surface area (Å²) in [5, 5.41) is 2.33. The molecule has 1 aliphatic rings. The summed E-state index contributed by atoms with van der Waals surface area (Å²) in [6, 6.07) is 15.3. The van der Waals surface area contributed by atoms with E-state index in [0.29, 0.717) is 17.5 Å². The Bertz CT molecular complexity index is 632. The molecule has 3 heteroatoms. The van der Waals surface area contributed by atoms with Gasteiger partial charge in [-0.05, 0) is 23.6 Å². The standard InChI is InChI=1S/C15H11NO2/c17-14-12-8-4-7-11(13(12)15(18)16-14)9-10-5-2-1-3-6-10/h1-8H,9H2,(H,16,17,18). The van der Waals surface area contributed by atoms with Crippen molar-refractivity contribution >= 4 is 11.8 Å². The van der Waals surface area contributed by atoms with Gasteiger partial charge in [-0.15, -0.1) is 0 Å². The van der Waals surface area contributed by atoms with Gasteiger partial charge in [0.2, 0.25) is 0 Å². The monoisotopic (exact) mass is 237 g/mol. The molecule has 3 rings (SSSR count). The molecule has 1 heterocycles. The van der Waals surface area contributed by atoms with Gasteiger partial charge in [-0.1, -0.05) is 42.5 Å². The molecular formula is C15H11NO2. The Balaban J connectivity index is 2.05. The van der Waals surface area contributed by atoms with Gasteiger partial charge in [-0.2, -0.15) is 0 Å². The molecule has 2 amide bonds. The summed E-state index contributed by atoms with van der Waals surface area (Å²) in [5.74, 6) is -0.591. The number of hydrogen-bond acceptors (Lipinski definition) is 2. The van der Waals surface area contributed by atoms with Crippen molar-refractivity contribution in [2.45, 2.75) is 6.42 Å². The van der Waals surface area contributed by atoms with E-state index < -0.39 is 0 Å². The Kier molecular flexibility index (Phi) is 2.45. The molecule has 0 bridgehead atoms. The highest BCUT2D eigenvalue weighted by atomic mass is 16.2. The van der Waals surface area contributed by atoms with Gasteiger partial charge >= 0.3 is 0 Å². The van der Waals surface area contributed by atoms with Gasteiger partial charge in [0.05, 0.1) is 11.1 Å². The van der Waals surface area contributed by atoms with Crippen LogP contribution in [0, 0.1) is 0 Å². The van der Waals surface area contributed by atoms with Crippen LogP contribution in [0.2, 0.25) is 0 Å². The Labute approximate surface area is 104 Å². The number of amides is 2. The highest BCUT2D eigenvalue weighted by molar-refractivity contribution is 6.22. The van der Waals surface area contributed by atoms with Gasteiger partial charge in [-0.25, -0.2) is 0 Å². The first-order chi connectivity index (χ1) is 8.75. The number of hydrogen-bond donors (Lipinski definition) is 1. The molecule has 0 atom stereocenters. The lowest BCUT2D eigenvalue weighted by atomic mass is 9.97. The first-order valence-corrected chi connectivity index (χ1v) is 5.77. The van der Waals surface area contributed by atoms with E-state index in [4.69, 9.17) is 0 Å². The fourth-order valence-electron chi connectivity index (χ4n) is 2.25. The van der Waals surface area contributed by atoms with Crippen LogP contribution in [0.25, 0.3) is 0 Å². The van der Waals surface area contributed by atoms with Crippen molar-refractivity contribution in [2.24, 2.45) is 0 Å². The Morgan fingerprint density at radius 2 is 1.61 bits per heavy atom. The van der Waals surface area contributed by atoms with E-state index in [1.54, 1.807) is 6.07 Å². The van der Waals surface area contributed by atoms with E-state index in [1.165, 1.54) is 0 Å². The third-order valence-electron chi connectivity index (χ3n) is 3.09. The van der Waals surface area contributed by atoms with Crippen molar-refractivity contribution < 1.29 is 9.59 Å². The van der Waals surface area contributed by atoms with Crippen molar-refractivity contribution in [3.63, 3.8) is 0 Å². The molecule has 2 aromatic rings. The van der Waals surface area contributed by atoms with Crippen molar-refractivity contribution in [2.75, 3.05) is 0 Å². The summed E-state index contributed by atoms with van der Waals surface area (Å²) < 4.78 is 0. The average molecular weight is 237 g/mol. The predicted octanol–water partition coefficient (Wildman–Crippen LogP) is 2.16. The predicted molar refractivity (Wildman–Crippen MR) is 67.5 cm³/mol. The van der Waals surface area contributed by atoms with E-state index in [1.807, 2.05) is 42.5 Å². The molecule has 0 spiro atoms. The van der Waals surface area contributed by atoms with Gasteiger partial charge in [0.25, 0.3) is 11.8 Å². The van der Waals surface area contributed by atoms with Gasteiger partial charge in [0, 0.05) is 0 Å². The van der Waals surface area contributed by atoms with E-state index in [2.05, 4.69) is 5.32 Å². The number of carbonyl (C=O) groups excluding carboxylic acids is 2. The fraction of sp³-hybridized carbons (Fsp3) is 0.0667. The van der Waals surface area contributed by atoms with Crippen LogP contribution in [0.1, 0.15) is 31.8 Å². The minimum atomic E-state index is -0.301. The first-order valence-electron chi connectivity index (χ1n) is 5.77. The lowest BCUT2D eigenvalue weighted by molar-refractivity contribution is 0.0879. The number of nitrogens with one attached hydrogen (secondary N) is 1. The molecule has 0 unspecified atom stereocenters. The maximum Gasteiger partial charge on any atom is 0.259 e. The first kappa shape index (κ1) is 10.7. The van der Waals surface area contributed by atoms with Crippen LogP contribution in [-0.2, 0) is 6.42 Å². The Morgan fingerprint density at radius 1 is 0.833 bits per heavy atom. The van der Waals surface area contributed by atoms with Crippen LogP contribution in [0.4, 0.5) is 0 Å². The summed E-state index contributed by atoms with van der Waals surface area (Å²) in [4.78, 5) is 23.3. The number of imide groups is 1. The normalized spacial score (nSPS) is 13.3. The van der Waals surface area contributed by atoms with E-state index in [-0.39, 0.29) is 11.8 Å². The molecule has 0 aliphatic carbocycles. The number of fused-ring (bicyclic) bond motifs is 1. The summed E-state index contributed by atoms with van der Waals surface area (Å²) >= 11 is 0. The second-order valence-corrected chi connectivity index (χ2v) is 4.29. The smallest absolute Gasteiger partial charge is 0.259 e. The molecule has 3 nitrogen and oxygen atoms in total. The molecule has 0 saturated carbocycles. The molecule has 0 saturated heterocycles. The maximum atomic E-state index is 11.8. The van der Waals surface area contributed by atoms with E-state index >= 15 is 0 Å². The van der Waals surface area contributed by atoms with Crippen LogP contribution in [0.15, 0.2) is 48.5 Å². The highest BCUT2D eigenvalue weighted by Gasteiger charge is 2.28. The third kappa shape index (κ3) is 1.70. The number of benzene rings is 2. The lowest BCUT2D eigenvalue weighted by Crippen LogP contribution is -2.20. The van der Waals surface area contributed by atoms with E-state index in [0.717, 1.165) is 11.1 Å². The largest absolute Gasteiger partial charge is 0.288 e. The molecule has 0 radical (unpaired) electrons. The van der Waals surface area contributed by atoms with Crippen LogP contribution < -0.4 is 5.32 Å². The van der Waals surface area contributed by atoms with Crippen LogP contribution >= 0.6 is 0 Å². The minimum Gasteiger partial charge on any atom is -0.288 e. The Morgan fingerprint density at radius 3 is 2.39 bits per heavy atom. The molecule has 0 fully saturated rings. The molecular weight excluding hydrogens is 226 g/mol. The van der Waals surface area contributed by atoms with Gasteiger partial charge in [0.1, 0.15) is 0 Å². The van der Waals surface area contributed by atoms with Crippen molar-refractivity contribution in [1.82, 2.24) is 5.32 Å². The van der Waals surface area contributed by atoms with Gasteiger partial charge in [-0.3, -0.25) is 14.9 Å². The second-order valence-electron chi connectivity index (χ2n) is 4.29. The van der Waals surface area contributed by atoms with Crippen LogP contribution in [0.3, 0.4) is 0 Å². The topological polar surface area (TPSA) is 46.2 Å².